The van der Waals surface area contributed by atoms with Gasteiger partial charge in [-0.1, -0.05) is 11.8 Å². The number of carbonyl (C=O) groups excluding carboxylic acids is 1. The molecule has 1 amide bonds. The fourth-order valence-electron chi connectivity index (χ4n) is 2.40. The maximum Gasteiger partial charge on any atom is 0.287 e. The molecule has 0 spiro atoms. The Balaban J connectivity index is 1.62. The van der Waals surface area contributed by atoms with Crippen LogP contribution >= 0.6 is 11.8 Å². The lowest BCUT2D eigenvalue weighted by Crippen LogP contribution is -2.32. The Hall–Kier alpha value is -2.65. The summed E-state index contributed by atoms with van der Waals surface area (Å²) in [6.07, 6.45) is 5.05. The van der Waals surface area contributed by atoms with Crippen molar-refractivity contribution in [3.63, 3.8) is 0 Å². The molecule has 0 radical (unpaired) electrons. The summed E-state index contributed by atoms with van der Waals surface area (Å²) in [6.45, 7) is 0.333. The molecule has 3 rings (SSSR count). The quantitative estimate of drug-likeness (QED) is 0.478. The first-order valence-corrected chi connectivity index (χ1v) is 8.92. The minimum atomic E-state index is -0.319. The summed E-state index contributed by atoms with van der Waals surface area (Å²) in [6, 6.07) is 6.72. The van der Waals surface area contributed by atoms with E-state index in [0.717, 1.165) is 5.69 Å². The van der Waals surface area contributed by atoms with E-state index in [1.807, 2.05) is 13.1 Å². The Kier molecular flexibility index (Phi) is 6.03. The lowest BCUT2D eigenvalue weighted by Gasteiger charge is -2.17. The molecule has 0 bridgehead atoms. The monoisotopic (exact) mass is 373 g/mol. The summed E-state index contributed by atoms with van der Waals surface area (Å²) in [7, 11) is 3.40. The highest BCUT2D eigenvalue weighted by Gasteiger charge is 2.20. The SMILES string of the molecule is COC[C@H](NC(=O)c1ccc(CSc2ncccn2)o1)c1ccnn1C. The fraction of sp³-hybridized carbons (Fsp3) is 0.294. The lowest BCUT2D eigenvalue weighted by atomic mass is 10.2. The molecule has 9 heteroatoms. The predicted molar refractivity (Wildman–Crippen MR) is 95.6 cm³/mol. The molecule has 0 saturated heterocycles. The molecule has 3 heterocycles. The van der Waals surface area contributed by atoms with Crippen molar-refractivity contribution in [1.29, 1.82) is 0 Å². The van der Waals surface area contributed by atoms with Gasteiger partial charge in [-0.25, -0.2) is 9.97 Å². The van der Waals surface area contributed by atoms with Crippen LogP contribution in [0.1, 0.15) is 28.1 Å². The number of nitrogens with one attached hydrogen (secondary N) is 1. The molecule has 8 nitrogen and oxygen atoms in total. The number of aryl methyl sites for hydroxylation is 1. The molecule has 0 saturated carbocycles. The molecule has 3 aromatic rings. The maximum atomic E-state index is 12.5. The minimum absolute atomic E-state index is 0.248. The second-order valence-corrected chi connectivity index (χ2v) is 6.39. The normalized spacial score (nSPS) is 12.1. The number of rotatable bonds is 8. The third-order valence-corrected chi connectivity index (χ3v) is 4.52. The van der Waals surface area contributed by atoms with Crippen molar-refractivity contribution in [2.75, 3.05) is 13.7 Å². The molecule has 1 N–H and O–H groups in total. The Morgan fingerprint density at radius 3 is 2.81 bits per heavy atom. The second kappa shape index (κ2) is 8.63. The molecule has 3 aromatic heterocycles. The molecule has 0 unspecified atom stereocenters. The van der Waals surface area contributed by atoms with Gasteiger partial charge in [0.15, 0.2) is 10.9 Å². The molecule has 26 heavy (non-hydrogen) atoms. The van der Waals surface area contributed by atoms with Crippen LogP contribution in [0, 0.1) is 0 Å². The highest BCUT2D eigenvalue weighted by Crippen LogP contribution is 2.21. The number of thioether (sulfide) groups is 1. The summed E-state index contributed by atoms with van der Waals surface area (Å²) in [5.74, 6) is 1.16. The van der Waals surface area contributed by atoms with Crippen molar-refractivity contribution >= 4 is 17.7 Å². The van der Waals surface area contributed by atoms with Crippen LogP contribution in [-0.4, -0.2) is 39.4 Å². The first kappa shape index (κ1) is 18.2. The van der Waals surface area contributed by atoms with E-state index in [-0.39, 0.29) is 17.7 Å². The van der Waals surface area contributed by atoms with Gasteiger partial charge in [-0.05, 0) is 24.3 Å². The molecule has 0 fully saturated rings. The summed E-state index contributed by atoms with van der Waals surface area (Å²) < 4.78 is 12.6. The third kappa shape index (κ3) is 4.50. The molecule has 1 atom stereocenters. The number of methoxy groups -OCH3 is 1. The molecule has 0 aliphatic rings. The predicted octanol–water partition coefficient (Wildman–Crippen LogP) is 2.21. The number of hydrogen-bond donors (Lipinski definition) is 1. The molecule has 136 valence electrons. The summed E-state index contributed by atoms with van der Waals surface area (Å²) in [5.41, 5.74) is 0.851. The Morgan fingerprint density at radius 1 is 1.31 bits per heavy atom. The van der Waals surface area contributed by atoms with E-state index >= 15 is 0 Å². The molecular formula is C17H19N5O3S. The third-order valence-electron chi connectivity index (χ3n) is 3.63. The minimum Gasteiger partial charge on any atom is -0.455 e. The van der Waals surface area contributed by atoms with Gasteiger partial charge in [0.2, 0.25) is 0 Å². The van der Waals surface area contributed by atoms with Gasteiger partial charge >= 0.3 is 0 Å². The van der Waals surface area contributed by atoms with E-state index in [9.17, 15) is 4.79 Å². The van der Waals surface area contributed by atoms with E-state index < -0.39 is 0 Å². The van der Waals surface area contributed by atoms with Gasteiger partial charge in [0.05, 0.1) is 24.1 Å². The average molecular weight is 373 g/mol. The topological polar surface area (TPSA) is 95.1 Å². The van der Waals surface area contributed by atoms with Crippen molar-refractivity contribution in [3.05, 3.63) is 60.1 Å². The van der Waals surface area contributed by atoms with Crippen LogP contribution in [0.4, 0.5) is 0 Å². The molecular weight excluding hydrogens is 354 g/mol. The Labute approximate surface area is 155 Å². The van der Waals surface area contributed by atoms with Gasteiger partial charge in [-0.3, -0.25) is 9.48 Å². The van der Waals surface area contributed by atoms with E-state index in [1.54, 1.807) is 48.6 Å². The van der Waals surface area contributed by atoms with Crippen molar-refractivity contribution < 1.29 is 13.9 Å². The van der Waals surface area contributed by atoms with Gasteiger partial charge in [0.25, 0.3) is 5.91 Å². The van der Waals surface area contributed by atoms with Crippen LogP contribution in [0.5, 0.6) is 0 Å². The van der Waals surface area contributed by atoms with E-state index in [1.165, 1.54) is 11.8 Å². The zero-order valence-corrected chi connectivity index (χ0v) is 15.3. The molecule has 0 aliphatic carbocycles. The van der Waals surface area contributed by atoms with Crippen LogP contribution < -0.4 is 5.32 Å². The van der Waals surface area contributed by atoms with Crippen LogP contribution in [0.25, 0.3) is 0 Å². The average Bonchev–Trinajstić information content (AvgIpc) is 3.29. The second-order valence-electron chi connectivity index (χ2n) is 5.45. The van der Waals surface area contributed by atoms with E-state index in [2.05, 4.69) is 20.4 Å². The number of ether oxygens (including phenoxy) is 1. The van der Waals surface area contributed by atoms with Gasteiger partial charge in [-0.2, -0.15) is 5.10 Å². The van der Waals surface area contributed by atoms with Crippen molar-refractivity contribution in [1.82, 2.24) is 25.1 Å². The first-order valence-electron chi connectivity index (χ1n) is 7.93. The van der Waals surface area contributed by atoms with Crippen molar-refractivity contribution in [3.8, 4) is 0 Å². The summed E-state index contributed by atoms with van der Waals surface area (Å²) in [4.78, 5) is 20.8. The Morgan fingerprint density at radius 2 is 2.12 bits per heavy atom. The zero-order chi connectivity index (χ0) is 18.4. The van der Waals surface area contributed by atoms with Crippen LogP contribution in [-0.2, 0) is 17.5 Å². The van der Waals surface area contributed by atoms with Gasteiger partial charge in [0.1, 0.15) is 5.76 Å². The molecule has 0 aromatic carbocycles. The lowest BCUT2D eigenvalue weighted by molar-refractivity contribution is 0.0863. The van der Waals surface area contributed by atoms with Gasteiger partial charge in [0, 0.05) is 32.7 Å². The highest BCUT2D eigenvalue weighted by atomic mass is 32.2. The van der Waals surface area contributed by atoms with Crippen LogP contribution in [0.15, 0.2) is 52.4 Å². The van der Waals surface area contributed by atoms with Crippen molar-refractivity contribution in [2.45, 2.75) is 17.0 Å². The largest absolute Gasteiger partial charge is 0.455 e. The number of carbonyl (C=O) groups is 1. The molecule has 0 aliphatic heterocycles. The highest BCUT2D eigenvalue weighted by molar-refractivity contribution is 7.98. The van der Waals surface area contributed by atoms with Crippen LogP contribution in [0.2, 0.25) is 0 Å². The number of furan rings is 1. The zero-order valence-electron chi connectivity index (χ0n) is 14.5. The summed E-state index contributed by atoms with van der Waals surface area (Å²) >= 11 is 1.44. The van der Waals surface area contributed by atoms with Gasteiger partial charge in [-0.15, -0.1) is 0 Å². The van der Waals surface area contributed by atoms with Gasteiger partial charge < -0.3 is 14.5 Å². The van der Waals surface area contributed by atoms with E-state index in [0.29, 0.717) is 23.3 Å². The standard InChI is InChI=1S/C17H19N5O3S/c1-22-14(6-9-20-22)13(10-24-2)21-16(23)15-5-4-12(25-15)11-26-17-18-7-3-8-19-17/h3-9,13H,10-11H2,1-2H3,(H,21,23)/t13-/m0/s1. The number of amides is 1. The smallest absolute Gasteiger partial charge is 0.287 e. The first-order chi connectivity index (χ1) is 12.7. The van der Waals surface area contributed by atoms with Crippen LogP contribution in [0.3, 0.4) is 0 Å². The maximum absolute atomic E-state index is 12.5. The van der Waals surface area contributed by atoms with Crippen molar-refractivity contribution in [2.24, 2.45) is 7.05 Å². The Bertz CT molecular complexity index is 849. The number of aromatic nitrogens is 4. The van der Waals surface area contributed by atoms with E-state index in [4.69, 9.17) is 9.15 Å². The summed E-state index contributed by atoms with van der Waals surface area (Å²) in [5, 5.41) is 7.70. The number of hydrogen-bond acceptors (Lipinski definition) is 7. The number of nitrogens with zero attached hydrogens (tertiary/aromatic N) is 4. The fourth-order valence-corrected chi connectivity index (χ4v) is 3.09.